The minimum atomic E-state index is -0.269. The molecule has 2 heterocycles. The van der Waals surface area contributed by atoms with Gasteiger partial charge >= 0.3 is 0 Å². The first kappa shape index (κ1) is 18.1. The molecule has 1 saturated heterocycles. The quantitative estimate of drug-likeness (QED) is 0.854. The highest BCUT2D eigenvalue weighted by molar-refractivity contribution is 5.93. The molecule has 2 atom stereocenters. The lowest BCUT2D eigenvalue weighted by Gasteiger charge is -2.38. The van der Waals surface area contributed by atoms with Gasteiger partial charge in [-0.1, -0.05) is 5.92 Å². The van der Waals surface area contributed by atoms with Gasteiger partial charge in [-0.05, 0) is 33.1 Å². The first-order chi connectivity index (χ1) is 11.2. The third-order valence-corrected chi connectivity index (χ3v) is 4.13. The summed E-state index contributed by atoms with van der Waals surface area (Å²) in [4.78, 5) is 25.8. The van der Waals surface area contributed by atoms with Crippen LogP contribution in [0.15, 0.2) is 12.4 Å². The fourth-order valence-electron chi connectivity index (χ4n) is 2.93. The van der Waals surface area contributed by atoms with E-state index in [9.17, 15) is 9.59 Å². The van der Waals surface area contributed by atoms with E-state index in [1.54, 1.807) is 15.8 Å². The van der Waals surface area contributed by atoms with Crippen LogP contribution in [0.2, 0.25) is 0 Å². The number of amides is 2. The highest BCUT2D eigenvalue weighted by Gasteiger charge is 2.35. The standard InChI is InChI=1S/C18H26N4O2/c1-18(2,3)9-8-15(23)19-10-13-6-7-16(24)22(5)17(13)14-11-20-21(4)12-14/h11-13,17H,6-7,10H2,1-5H3,(H,19,23)/t13-,17+/m1/s1. The summed E-state index contributed by atoms with van der Waals surface area (Å²) >= 11 is 0. The number of likely N-dealkylation sites (tertiary alicyclic amines) is 1. The van der Waals surface area contributed by atoms with Gasteiger partial charge in [0.2, 0.25) is 5.91 Å². The predicted octanol–water partition coefficient (Wildman–Crippen LogP) is 1.50. The minimum Gasteiger partial charge on any atom is -0.345 e. The number of aryl methyl sites for hydroxylation is 1. The van der Waals surface area contributed by atoms with Crippen LogP contribution in [0.1, 0.15) is 45.2 Å². The molecule has 24 heavy (non-hydrogen) atoms. The number of hydrogen-bond donors (Lipinski definition) is 1. The average Bonchev–Trinajstić information content (AvgIpc) is 2.91. The van der Waals surface area contributed by atoms with Gasteiger partial charge in [0.05, 0.1) is 12.2 Å². The van der Waals surface area contributed by atoms with E-state index in [0.29, 0.717) is 13.0 Å². The van der Waals surface area contributed by atoms with E-state index in [-0.39, 0.29) is 29.2 Å². The third kappa shape index (κ3) is 4.60. The smallest absolute Gasteiger partial charge is 0.295 e. The van der Waals surface area contributed by atoms with Crippen molar-refractivity contribution in [1.82, 2.24) is 20.0 Å². The van der Waals surface area contributed by atoms with Crippen molar-refractivity contribution >= 4 is 11.8 Å². The van der Waals surface area contributed by atoms with Crippen molar-refractivity contribution in [1.29, 1.82) is 0 Å². The summed E-state index contributed by atoms with van der Waals surface area (Å²) in [6, 6.07) is -0.0733. The molecule has 6 heteroatoms. The van der Waals surface area contributed by atoms with Gasteiger partial charge in [0.1, 0.15) is 0 Å². The Morgan fingerprint density at radius 1 is 1.42 bits per heavy atom. The first-order valence-electron chi connectivity index (χ1n) is 8.22. The normalized spacial score (nSPS) is 21.2. The number of nitrogens with one attached hydrogen (secondary N) is 1. The molecule has 2 amide bonds. The summed E-state index contributed by atoms with van der Waals surface area (Å²) in [6.07, 6.45) is 4.96. The number of nitrogens with zero attached hydrogens (tertiary/aromatic N) is 3. The number of carbonyl (C=O) groups excluding carboxylic acids is 2. The third-order valence-electron chi connectivity index (χ3n) is 4.13. The fourth-order valence-corrected chi connectivity index (χ4v) is 2.93. The summed E-state index contributed by atoms with van der Waals surface area (Å²) in [6.45, 7) is 6.39. The average molecular weight is 330 g/mol. The molecule has 0 spiro atoms. The Hall–Kier alpha value is -2.29. The topological polar surface area (TPSA) is 67.2 Å². The van der Waals surface area contributed by atoms with Crippen molar-refractivity contribution in [2.75, 3.05) is 13.6 Å². The number of piperidine rings is 1. The van der Waals surface area contributed by atoms with Gasteiger partial charge in [0, 0.05) is 50.2 Å². The Labute approximate surface area is 143 Å². The molecule has 130 valence electrons. The zero-order valence-corrected chi connectivity index (χ0v) is 15.1. The van der Waals surface area contributed by atoms with Crippen LogP contribution in [0.3, 0.4) is 0 Å². The Morgan fingerprint density at radius 2 is 2.12 bits per heavy atom. The van der Waals surface area contributed by atoms with E-state index < -0.39 is 0 Å². The largest absolute Gasteiger partial charge is 0.345 e. The van der Waals surface area contributed by atoms with Gasteiger partial charge in [-0.25, -0.2) is 0 Å². The second-order valence-corrected chi connectivity index (χ2v) is 7.41. The summed E-state index contributed by atoms with van der Waals surface area (Å²) in [5.41, 5.74) is 0.792. The van der Waals surface area contributed by atoms with E-state index >= 15 is 0 Å². The zero-order valence-electron chi connectivity index (χ0n) is 15.1. The Morgan fingerprint density at radius 3 is 2.71 bits per heavy atom. The molecule has 0 unspecified atom stereocenters. The molecule has 0 aromatic carbocycles. The van der Waals surface area contributed by atoms with Gasteiger partial charge in [-0.15, -0.1) is 0 Å². The molecular formula is C18H26N4O2. The molecule has 1 aromatic rings. The second kappa shape index (κ2) is 7.08. The lowest BCUT2D eigenvalue weighted by atomic mass is 9.85. The summed E-state index contributed by atoms with van der Waals surface area (Å²) < 4.78 is 1.73. The molecule has 0 bridgehead atoms. The highest BCUT2D eigenvalue weighted by atomic mass is 16.2. The molecule has 1 fully saturated rings. The molecule has 1 N–H and O–H groups in total. The number of hydrogen-bond acceptors (Lipinski definition) is 3. The maximum Gasteiger partial charge on any atom is 0.295 e. The first-order valence-corrected chi connectivity index (χ1v) is 8.22. The van der Waals surface area contributed by atoms with Gasteiger partial charge in [-0.3, -0.25) is 14.3 Å². The number of aromatic nitrogens is 2. The molecular weight excluding hydrogens is 304 g/mol. The van der Waals surface area contributed by atoms with E-state index in [1.165, 1.54) is 0 Å². The van der Waals surface area contributed by atoms with Crippen LogP contribution in [0, 0.1) is 23.2 Å². The molecule has 1 aliphatic rings. The summed E-state index contributed by atoms with van der Waals surface area (Å²) in [5, 5.41) is 7.10. The number of carbonyl (C=O) groups is 2. The van der Waals surface area contributed by atoms with Crippen LogP contribution >= 0.6 is 0 Å². The highest BCUT2D eigenvalue weighted by Crippen LogP contribution is 2.35. The van der Waals surface area contributed by atoms with E-state index in [1.807, 2.05) is 41.1 Å². The van der Waals surface area contributed by atoms with Crippen molar-refractivity contribution in [2.24, 2.45) is 18.4 Å². The fraction of sp³-hybridized carbons (Fsp3) is 0.611. The molecule has 1 aliphatic heterocycles. The lowest BCUT2D eigenvalue weighted by Crippen LogP contribution is -2.44. The van der Waals surface area contributed by atoms with Crippen LogP contribution in [0.25, 0.3) is 0 Å². The molecule has 0 radical (unpaired) electrons. The van der Waals surface area contributed by atoms with Crippen LogP contribution < -0.4 is 5.32 Å². The van der Waals surface area contributed by atoms with Crippen LogP contribution in [0.5, 0.6) is 0 Å². The predicted molar refractivity (Wildman–Crippen MR) is 91.7 cm³/mol. The molecule has 6 nitrogen and oxygen atoms in total. The van der Waals surface area contributed by atoms with Gasteiger partial charge in [0.15, 0.2) is 0 Å². The SMILES string of the molecule is CN1C(=O)CC[C@H](CNC(=O)C#CC(C)(C)C)[C@H]1c1cnn(C)c1. The Balaban J connectivity index is 2.07. The van der Waals surface area contributed by atoms with Gasteiger partial charge < -0.3 is 10.2 Å². The summed E-state index contributed by atoms with van der Waals surface area (Å²) in [7, 11) is 3.67. The monoisotopic (exact) mass is 330 g/mol. The molecule has 0 aliphatic carbocycles. The van der Waals surface area contributed by atoms with Crippen LogP contribution in [-0.4, -0.2) is 40.1 Å². The second-order valence-electron chi connectivity index (χ2n) is 7.41. The van der Waals surface area contributed by atoms with Gasteiger partial charge in [0.25, 0.3) is 5.91 Å². The van der Waals surface area contributed by atoms with Gasteiger partial charge in [-0.2, -0.15) is 5.10 Å². The van der Waals surface area contributed by atoms with Crippen LogP contribution in [0.4, 0.5) is 0 Å². The minimum absolute atomic E-state index is 0.0733. The summed E-state index contributed by atoms with van der Waals surface area (Å²) in [5.74, 6) is 5.58. The maximum absolute atomic E-state index is 12.1. The van der Waals surface area contributed by atoms with Crippen molar-refractivity contribution in [3.63, 3.8) is 0 Å². The van der Waals surface area contributed by atoms with E-state index in [0.717, 1.165) is 12.0 Å². The lowest BCUT2D eigenvalue weighted by molar-refractivity contribution is -0.137. The van der Waals surface area contributed by atoms with Crippen molar-refractivity contribution in [3.05, 3.63) is 18.0 Å². The van der Waals surface area contributed by atoms with Crippen LogP contribution in [-0.2, 0) is 16.6 Å². The zero-order chi connectivity index (χ0) is 17.9. The molecule has 1 aromatic heterocycles. The van der Waals surface area contributed by atoms with Crippen molar-refractivity contribution in [2.45, 2.75) is 39.7 Å². The number of rotatable bonds is 3. The van der Waals surface area contributed by atoms with E-state index in [4.69, 9.17) is 0 Å². The van der Waals surface area contributed by atoms with Crippen molar-refractivity contribution < 1.29 is 9.59 Å². The molecule has 0 saturated carbocycles. The Bertz CT molecular complexity index is 675. The molecule has 2 rings (SSSR count). The van der Waals surface area contributed by atoms with E-state index in [2.05, 4.69) is 22.3 Å². The maximum atomic E-state index is 12.1. The Kier molecular flexibility index (Phi) is 5.33. The van der Waals surface area contributed by atoms with Crippen molar-refractivity contribution in [3.8, 4) is 11.8 Å².